The fraction of sp³-hybridized carbons (Fsp3) is 0.300. The first-order valence-corrected chi connectivity index (χ1v) is 3.97. The molecular formula is C10H11FO2. The Hall–Kier alpha value is -1.38. The molecule has 3 heteroatoms. The lowest BCUT2D eigenvalue weighted by atomic mass is 10.1. The third-order valence-electron chi connectivity index (χ3n) is 1.74. The molecule has 0 aliphatic rings. The number of hydrogen-bond acceptors (Lipinski definition) is 2. The Morgan fingerprint density at radius 3 is 2.31 bits per heavy atom. The molecular weight excluding hydrogens is 171 g/mol. The summed E-state index contributed by atoms with van der Waals surface area (Å²) in [6.07, 6.45) is -1.45. The van der Waals surface area contributed by atoms with Crippen molar-refractivity contribution in [2.75, 3.05) is 7.11 Å². The Morgan fingerprint density at radius 1 is 1.38 bits per heavy atom. The number of benzene rings is 1. The first kappa shape index (κ1) is 9.71. The summed E-state index contributed by atoms with van der Waals surface area (Å²) in [4.78, 5) is 11.1. The molecule has 1 unspecified atom stereocenters. The average Bonchev–Trinajstić information content (AvgIpc) is 2.17. The lowest BCUT2D eigenvalue weighted by Crippen LogP contribution is -2.11. The monoisotopic (exact) mass is 182 g/mol. The van der Waals surface area contributed by atoms with E-state index in [1.165, 1.54) is 14.0 Å². The Bertz CT molecular complexity index is 290. The summed E-state index contributed by atoms with van der Waals surface area (Å²) in [6, 6.07) is 6.37. The van der Waals surface area contributed by atoms with Gasteiger partial charge in [0.1, 0.15) is 5.75 Å². The molecule has 0 bridgehead atoms. The van der Waals surface area contributed by atoms with Gasteiger partial charge in [-0.3, -0.25) is 4.79 Å². The van der Waals surface area contributed by atoms with Crippen LogP contribution in [-0.2, 0) is 0 Å². The van der Waals surface area contributed by atoms with Crippen LogP contribution in [-0.4, -0.2) is 19.1 Å². The fourth-order valence-corrected chi connectivity index (χ4v) is 0.985. The predicted octanol–water partition coefficient (Wildman–Crippen LogP) is 2.24. The van der Waals surface area contributed by atoms with Crippen LogP contribution in [0.15, 0.2) is 24.3 Å². The number of halogens is 1. The van der Waals surface area contributed by atoms with Gasteiger partial charge in [0.05, 0.1) is 7.11 Å². The average molecular weight is 182 g/mol. The van der Waals surface area contributed by atoms with Crippen LogP contribution in [0.1, 0.15) is 17.3 Å². The van der Waals surface area contributed by atoms with Crippen molar-refractivity contribution in [3.63, 3.8) is 0 Å². The molecule has 1 atom stereocenters. The van der Waals surface area contributed by atoms with E-state index in [2.05, 4.69) is 0 Å². The van der Waals surface area contributed by atoms with Gasteiger partial charge in [-0.25, -0.2) is 4.39 Å². The maximum absolute atomic E-state index is 12.6. The van der Waals surface area contributed by atoms with E-state index in [4.69, 9.17) is 4.74 Å². The number of methoxy groups -OCH3 is 1. The smallest absolute Gasteiger partial charge is 0.196 e. The molecule has 13 heavy (non-hydrogen) atoms. The van der Waals surface area contributed by atoms with Crippen LogP contribution in [0.5, 0.6) is 5.75 Å². The molecule has 2 nitrogen and oxygen atoms in total. The Morgan fingerprint density at radius 2 is 1.92 bits per heavy atom. The Balaban J connectivity index is 2.86. The molecule has 0 aliphatic heterocycles. The van der Waals surface area contributed by atoms with Crippen LogP contribution >= 0.6 is 0 Å². The first-order chi connectivity index (χ1) is 6.15. The minimum atomic E-state index is -1.45. The summed E-state index contributed by atoms with van der Waals surface area (Å²) in [5, 5.41) is 0. The molecule has 0 N–H and O–H groups in total. The van der Waals surface area contributed by atoms with Crippen LogP contribution < -0.4 is 4.74 Å². The summed E-state index contributed by atoms with van der Waals surface area (Å²) in [7, 11) is 1.54. The number of carbonyl (C=O) groups is 1. The molecule has 1 rings (SSSR count). The van der Waals surface area contributed by atoms with E-state index in [0.717, 1.165) is 0 Å². The maximum atomic E-state index is 12.6. The van der Waals surface area contributed by atoms with E-state index in [1.807, 2.05) is 0 Å². The van der Waals surface area contributed by atoms with Gasteiger partial charge in [0, 0.05) is 5.56 Å². The summed E-state index contributed by atoms with van der Waals surface area (Å²) < 4.78 is 17.5. The van der Waals surface area contributed by atoms with Crippen molar-refractivity contribution in [2.24, 2.45) is 0 Å². The third kappa shape index (κ3) is 2.28. The van der Waals surface area contributed by atoms with E-state index in [9.17, 15) is 9.18 Å². The van der Waals surface area contributed by atoms with Crippen LogP contribution in [0.4, 0.5) is 4.39 Å². The molecule has 1 aromatic rings. The molecule has 0 saturated heterocycles. The number of carbonyl (C=O) groups excluding carboxylic acids is 1. The Labute approximate surface area is 76.3 Å². The van der Waals surface area contributed by atoms with E-state index < -0.39 is 12.0 Å². The van der Waals surface area contributed by atoms with Gasteiger partial charge in [-0.1, -0.05) is 0 Å². The molecule has 0 aromatic heterocycles. The van der Waals surface area contributed by atoms with Crippen LogP contribution in [0.3, 0.4) is 0 Å². The van der Waals surface area contributed by atoms with Crippen molar-refractivity contribution >= 4 is 5.78 Å². The summed E-state index contributed by atoms with van der Waals surface area (Å²) in [6.45, 7) is 1.23. The minimum Gasteiger partial charge on any atom is -0.497 e. The summed E-state index contributed by atoms with van der Waals surface area (Å²) in [5.41, 5.74) is 0.371. The molecule has 0 spiro atoms. The van der Waals surface area contributed by atoms with Gasteiger partial charge in [-0.15, -0.1) is 0 Å². The van der Waals surface area contributed by atoms with Crippen molar-refractivity contribution in [3.05, 3.63) is 29.8 Å². The second kappa shape index (κ2) is 4.03. The Kier molecular flexibility index (Phi) is 3.01. The van der Waals surface area contributed by atoms with E-state index >= 15 is 0 Å². The first-order valence-electron chi connectivity index (χ1n) is 3.97. The molecule has 0 fully saturated rings. The number of alkyl halides is 1. The number of rotatable bonds is 3. The van der Waals surface area contributed by atoms with Crippen LogP contribution in [0.25, 0.3) is 0 Å². The van der Waals surface area contributed by atoms with Crippen molar-refractivity contribution < 1.29 is 13.9 Å². The zero-order valence-electron chi connectivity index (χ0n) is 7.58. The van der Waals surface area contributed by atoms with Crippen molar-refractivity contribution in [1.82, 2.24) is 0 Å². The fourth-order valence-electron chi connectivity index (χ4n) is 0.985. The molecule has 0 saturated carbocycles. The number of hydrogen-bond donors (Lipinski definition) is 0. The molecule has 1 aromatic carbocycles. The van der Waals surface area contributed by atoms with Gasteiger partial charge < -0.3 is 4.74 Å². The summed E-state index contributed by atoms with van der Waals surface area (Å²) in [5.74, 6) is 0.158. The summed E-state index contributed by atoms with van der Waals surface area (Å²) >= 11 is 0. The SMILES string of the molecule is COc1ccc(C(=O)C(C)F)cc1. The van der Waals surface area contributed by atoms with Crippen molar-refractivity contribution in [2.45, 2.75) is 13.1 Å². The molecule has 0 radical (unpaired) electrons. The quantitative estimate of drug-likeness (QED) is 0.670. The highest BCUT2D eigenvalue weighted by Gasteiger charge is 2.12. The van der Waals surface area contributed by atoms with Crippen LogP contribution in [0.2, 0.25) is 0 Å². The van der Waals surface area contributed by atoms with E-state index in [0.29, 0.717) is 11.3 Å². The zero-order valence-corrected chi connectivity index (χ0v) is 7.58. The molecule has 0 heterocycles. The predicted molar refractivity (Wildman–Crippen MR) is 47.9 cm³/mol. The normalized spacial score (nSPS) is 12.2. The number of ether oxygens (including phenoxy) is 1. The van der Waals surface area contributed by atoms with Gasteiger partial charge in [-0.05, 0) is 31.2 Å². The van der Waals surface area contributed by atoms with Gasteiger partial charge in [0.25, 0.3) is 0 Å². The second-order valence-corrected chi connectivity index (χ2v) is 2.71. The number of Topliss-reactive ketones (excluding diaryl/α,β-unsaturated/α-hetero) is 1. The van der Waals surface area contributed by atoms with E-state index in [-0.39, 0.29) is 0 Å². The van der Waals surface area contributed by atoms with E-state index in [1.54, 1.807) is 24.3 Å². The largest absolute Gasteiger partial charge is 0.497 e. The molecule has 0 aliphatic carbocycles. The minimum absolute atomic E-state index is 0.371. The molecule has 0 amide bonds. The maximum Gasteiger partial charge on any atom is 0.196 e. The topological polar surface area (TPSA) is 26.3 Å². The number of ketones is 1. The van der Waals surface area contributed by atoms with Gasteiger partial charge in [-0.2, -0.15) is 0 Å². The van der Waals surface area contributed by atoms with Gasteiger partial charge in [0.15, 0.2) is 12.0 Å². The van der Waals surface area contributed by atoms with Crippen LogP contribution in [0, 0.1) is 0 Å². The highest BCUT2D eigenvalue weighted by atomic mass is 19.1. The highest BCUT2D eigenvalue weighted by Crippen LogP contribution is 2.13. The highest BCUT2D eigenvalue weighted by molar-refractivity contribution is 5.99. The standard InChI is InChI=1S/C10H11FO2/c1-7(11)10(12)8-3-5-9(13-2)6-4-8/h3-7H,1-2H3. The van der Waals surface area contributed by atoms with Gasteiger partial charge >= 0.3 is 0 Å². The lowest BCUT2D eigenvalue weighted by Gasteiger charge is -2.02. The van der Waals surface area contributed by atoms with Gasteiger partial charge in [0.2, 0.25) is 0 Å². The second-order valence-electron chi connectivity index (χ2n) is 2.71. The molecule has 70 valence electrons. The van der Waals surface area contributed by atoms with Crippen molar-refractivity contribution in [3.8, 4) is 5.75 Å². The zero-order chi connectivity index (χ0) is 9.84. The van der Waals surface area contributed by atoms with Crippen molar-refractivity contribution in [1.29, 1.82) is 0 Å². The third-order valence-corrected chi connectivity index (χ3v) is 1.74. The lowest BCUT2D eigenvalue weighted by molar-refractivity contribution is 0.0893.